The Bertz CT molecular complexity index is 1420. The molecule has 4 aliphatic heterocycles. The van der Waals surface area contributed by atoms with Crippen molar-refractivity contribution in [3.8, 4) is 16.9 Å². The summed E-state index contributed by atoms with van der Waals surface area (Å²) >= 11 is 0. The summed E-state index contributed by atoms with van der Waals surface area (Å²) in [7, 11) is 0. The molecule has 1 N–H and O–H groups in total. The molecule has 2 saturated heterocycles. The Hall–Kier alpha value is -3.36. The lowest BCUT2D eigenvalue weighted by molar-refractivity contribution is 0.209. The number of rotatable bonds is 5. The molecule has 8 nitrogen and oxygen atoms in total. The standard InChI is InChI=1S/C30H39N7O/c1-21(2)33-10-14-35(15-11-33)24-18-25-28-26(30(38)37(32-28)23-8-6-5-7-9-23)20-31-29(25)27(19-24)36-16-12-34(13-17-36)22(3)4/h5-9,18-22,31H,10-17H2,1-4H3. The lowest BCUT2D eigenvalue weighted by Crippen LogP contribution is -2.49. The summed E-state index contributed by atoms with van der Waals surface area (Å²) in [6, 6.07) is 15.4. The third-order valence-electron chi connectivity index (χ3n) is 8.39. The van der Waals surface area contributed by atoms with E-state index in [4.69, 9.17) is 5.10 Å². The van der Waals surface area contributed by atoms with E-state index in [2.05, 4.69) is 64.4 Å². The van der Waals surface area contributed by atoms with Gasteiger partial charge in [-0.25, -0.2) is 0 Å². The van der Waals surface area contributed by atoms with Crippen LogP contribution in [0.15, 0.2) is 53.5 Å². The lowest BCUT2D eigenvalue weighted by atomic mass is 10.0. The fourth-order valence-electron chi connectivity index (χ4n) is 5.99. The van der Waals surface area contributed by atoms with Crippen LogP contribution in [-0.4, -0.2) is 89.0 Å². The number of pyridine rings is 1. The number of fused-ring (bicyclic) bond motifs is 3. The van der Waals surface area contributed by atoms with E-state index in [9.17, 15) is 4.79 Å². The Labute approximate surface area is 224 Å². The number of piperazine rings is 2. The molecule has 200 valence electrons. The molecule has 0 radical (unpaired) electrons. The molecule has 4 aliphatic rings. The molecule has 4 heterocycles. The molecule has 2 aromatic carbocycles. The average molecular weight is 514 g/mol. The number of anilines is 2. The first kappa shape index (κ1) is 24.9. The van der Waals surface area contributed by atoms with E-state index >= 15 is 0 Å². The number of hydrogen-bond acceptors (Lipinski definition) is 6. The largest absolute Gasteiger partial charge is 0.369 e. The van der Waals surface area contributed by atoms with Crippen LogP contribution in [0.4, 0.5) is 11.4 Å². The fraction of sp³-hybridized carbons (Fsp3) is 0.467. The van der Waals surface area contributed by atoms with Gasteiger partial charge in [-0.2, -0.15) is 9.78 Å². The number of H-pyrrole nitrogens is 1. The third-order valence-corrected chi connectivity index (χ3v) is 8.39. The van der Waals surface area contributed by atoms with E-state index in [1.807, 2.05) is 36.5 Å². The van der Waals surface area contributed by atoms with E-state index < -0.39 is 0 Å². The van der Waals surface area contributed by atoms with Gasteiger partial charge < -0.3 is 14.8 Å². The molecule has 0 aliphatic carbocycles. The molecule has 0 spiro atoms. The van der Waals surface area contributed by atoms with Gasteiger partial charge in [0.2, 0.25) is 0 Å². The zero-order chi connectivity index (χ0) is 26.4. The van der Waals surface area contributed by atoms with E-state index in [1.165, 1.54) is 16.1 Å². The molecule has 0 amide bonds. The Balaban J connectivity index is 1.47. The van der Waals surface area contributed by atoms with Gasteiger partial charge in [-0.1, -0.05) is 18.2 Å². The number of para-hydroxylation sites is 1. The summed E-state index contributed by atoms with van der Waals surface area (Å²) in [5, 5.41) is 5.90. The zero-order valence-corrected chi connectivity index (χ0v) is 23.0. The van der Waals surface area contributed by atoms with Gasteiger partial charge >= 0.3 is 0 Å². The highest BCUT2D eigenvalue weighted by molar-refractivity contribution is 6.02. The molecule has 0 saturated carbocycles. The maximum atomic E-state index is 13.4. The fourth-order valence-corrected chi connectivity index (χ4v) is 5.99. The molecular weight excluding hydrogens is 474 g/mol. The topological polar surface area (TPSA) is 63.6 Å². The van der Waals surface area contributed by atoms with E-state index in [1.54, 1.807) is 0 Å². The van der Waals surface area contributed by atoms with Crippen molar-refractivity contribution >= 4 is 22.3 Å². The van der Waals surface area contributed by atoms with Gasteiger partial charge in [0, 0.05) is 81.7 Å². The van der Waals surface area contributed by atoms with Crippen LogP contribution in [0.5, 0.6) is 0 Å². The van der Waals surface area contributed by atoms with E-state index in [-0.39, 0.29) is 5.56 Å². The highest BCUT2D eigenvalue weighted by Crippen LogP contribution is 2.37. The van der Waals surface area contributed by atoms with Crippen molar-refractivity contribution < 1.29 is 0 Å². The van der Waals surface area contributed by atoms with Gasteiger partial charge in [-0.05, 0) is 52.0 Å². The molecule has 6 rings (SSSR count). The van der Waals surface area contributed by atoms with Crippen LogP contribution in [0.1, 0.15) is 27.7 Å². The van der Waals surface area contributed by atoms with Crippen LogP contribution in [0, 0.1) is 0 Å². The zero-order valence-electron chi connectivity index (χ0n) is 23.0. The van der Waals surface area contributed by atoms with Gasteiger partial charge in [-0.15, -0.1) is 0 Å². The highest BCUT2D eigenvalue weighted by atomic mass is 16.1. The quantitative estimate of drug-likeness (QED) is 0.437. The summed E-state index contributed by atoms with van der Waals surface area (Å²) < 4.78 is 1.53. The molecule has 0 aromatic heterocycles. The SMILES string of the molecule is CC(C)N1CCN(c2cc(N3CCN(C(C)C)CC3)c3[nH]cc4c(=O)n(-c5ccccc5)nc-4c3c2)CC1. The number of nitrogens with zero attached hydrogens (tertiary/aromatic N) is 6. The van der Waals surface area contributed by atoms with Crippen molar-refractivity contribution in [2.24, 2.45) is 0 Å². The predicted molar refractivity (Wildman–Crippen MR) is 156 cm³/mol. The molecule has 2 fully saturated rings. The van der Waals surface area contributed by atoms with Crippen molar-refractivity contribution in [2.45, 2.75) is 39.8 Å². The summed E-state index contributed by atoms with van der Waals surface area (Å²) in [5.74, 6) is 0. The van der Waals surface area contributed by atoms with Crippen LogP contribution < -0.4 is 15.4 Å². The van der Waals surface area contributed by atoms with Crippen molar-refractivity contribution in [1.82, 2.24) is 24.6 Å². The first-order valence-electron chi connectivity index (χ1n) is 14.0. The lowest BCUT2D eigenvalue weighted by Gasteiger charge is -2.40. The highest BCUT2D eigenvalue weighted by Gasteiger charge is 2.27. The Morgan fingerprint density at radius 1 is 0.763 bits per heavy atom. The Kier molecular flexibility index (Phi) is 6.61. The minimum atomic E-state index is -0.0904. The smallest absolute Gasteiger partial charge is 0.282 e. The van der Waals surface area contributed by atoms with Gasteiger partial charge in [-0.3, -0.25) is 14.6 Å². The van der Waals surface area contributed by atoms with Crippen molar-refractivity contribution in [3.05, 3.63) is 59.0 Å². The maximum absolute atomic E-state index is 13.4. The molecule has 2 aromatic rings. The maximum Gasteiger partial charge on any atom is 0.282 e. The van der Waals surface area contributed by atoms with Crippen LogP contribution in [0.3, 0.4) is 0 Å². The average Bonchev–Trinajstić information content (AvgIpc) is 3.29. The Morgan fingerprint density at radius 3 is 1.97 bits per heavy atom. The van der Waals surface area contributed by atoms with E-state index in [0.29, 0.717) is 17.6 Å². The van der Waals surface area contributed by atoms with Crippen molar-refractivity contribution in [2.75, 3.05) is 62.2 Å². The molecule has 8 heteroatoms. The summed E-state index contributed by atoms with van der Waals surface area (Å²) in [4.78, 5) is 27.0. The second kappa shape index (κ2) is 10.1. The molecular formula is C30H39N7O. The summed E-state index contributed by atoms with van der Waals surface area (Å²) in [6.07, 6.45) is 1.85. The molecule has 0 bridgehead atoms. The minimum absolute atomic E-state index is 0.0904. The number of aromatic nitrogens is 3. The van der Waals surface area contributed by atoms with Crippen LogP contribution in [-0.2, 0) is 0 Å². The van der Waals surface area contributed by atoms with Crippen LogP contribution in [0.25, 0.3) is 27.8 Å². The number of benzene rings is 2. The van der Waals surface area contributed by atoms with Crippen molar-refractivity contribution in [3.63, 3.8) is 0 Å². The second-order valence-corrected chi connectivity index (χ2v) is 11.2. The minimum Gasteiger partial charge on any atom is -0.369 e. The number of aromatic amines is 1. The van der Waals surface area contributed by atoms with Crippen LogP contribution in [0.2, 0.25) is 0 Å². The van der Waals surface area contributed by atoms with Crippen LogP contribution >= 0.6 is 0 Å². The molecule has 0 atom stereocenters. The Morgan fingerprint density at radius 2 is 1.37 bits per heavy atom. The second-order valence-electron chi connectivity index (χ2n) is 11.2. The predicted octanol–water partition coefficient (Wildman–Crippen LogP) is 3.88. The monoisotopic (exact) mass is 513 g/mol. The summed E-state index contributed by atoms with van der Waals surface area (Å²) in [5.41, 5.74) is 5.55. The first-order chi connectivity index (χ1) is 18.4. The normalized spacial score (nSPS) is 17.9. The molecule has 38 heavy (non-hydrogen) atoms. The third kappa shape index (κ3) is 4.46. The number of nitrogens with one attached hydrogen (secondary N) is 1. The van der Waals surface area contributed by atoms with Crippen molar-refractivity contribution in [1.29, 1.82) is 0 Å². The number of hydrogen-bond donors (Lipinski definition) is 1. The van der Waals surface area contributed by atoms with Gasteiger partial charge in [0.05, 0.1) is 22.5 Å². The van der Waals surface area contributed by atoms with Gasteiger partial charge in [0.25, 0.3) is 5.56 Å². The summed E-state index contributed by atoms with van der Waals surface area (Å²) in [6.45, 7) is 17.3. The van der Waals surface area contributed by atoms with Gasteiger partial charge in [0.15, 0.2) is 0 Å². The van der Waals surface area contributed by atoms with E-state index in [0.717, 1.165) is 74.6 Å². The van der Waals surface area contributed by atoms with Gasteiger partial charge in [0.1, 0.15) is 5.69 Å². The first-order valence-corrected chi connectivity index (χ1v) is 14.0. The molecule has 0 unspecified atom stereocenters.